The fraction of sp³-hybridized carbons (Fsp3) is 0.0303. The Bertz CT molecular complexity index is 2030. The van der Waals surface area contributed by atoms with E-state index in [1.807, 2.05) is 42.5 Å². The maximum absolute atomic E-state index is 15.8. The number of hydrogen-bond donors (Lipinski definition) is 0. The average molecular weight is 468 g/mol. The summed E-state index contributed by atoms with van der Waals surface area (Å²) in [6.07, 6.45) is 0.659. The van der Waals surface area contributed by atoms with Crippen molar-refractivity contribution in [2.24, 2.45) is 0 Å². The Labute approximate surface area is 205 Å². The van der Waals surface area contributed by atoms with Gasteiger partial charge in [-0.2, -0.15) is 0 Å². The molecule has 1 aromatic heterocycles. The first-order valence-corrected chi connectivity index (χ1v) is 12.1. The summed E-state index contributed by atoms with van der Waals surface area (Å²) in [6.45, 7) is 0. The van der Waals surface area contributed by atoms with Crippen molar-refractivity contribution >= 4 is 43.4 Å². The molecule has 7 aromatic rings. The summed E-state index contributed by atoms with van der Waals surface area (Å²) in [7, 11) is 0. The Kier molecular flexibility index (Phi) is 3.85. The second-order valence-corrected chi connectivity index (χ2v) is 9.57. The highest BCUT2D eigenvalue weighted by Gasteiger charge is 2.30. The van der Waals surface area contributed by atoms with Crippen molar-refractivity contribution in [1.82, 2.24) is 4.57 Å². The highest BCUT2D eigenvalue weighted by atomic mass is 19.1. The number of para-hydroxylation sites is 1. The van der Waals surface area contributed by atoms with Crippen molar-refractivity contribution in [2.45, 2.75) is 6.42 Å². The molecule has 0 saturated heterocycles. The summed E-state index contributed by atoms with van der Waals surface area (Å²) in [5, 5.41) is 5.76. The molecule has 6 aromatic carbocycles. The second kappa shape index (κ2) is 7.02. The molecule has 0 N–H and O–H groups in total. The summed E-state index contributed by atoms with van der Waals surface area (Å²) in [5.74, 6) is -0.502. The number of fused-ring (bicyclic) bond motifs is 12. The molecule has 0 fully saturated rings. The van der Waals surface area contributed by atoms with Gasteiger partial charge < -0.3 is 4.57 Å². The smallest absolute Gasteiger partial charge is 0.133 e. The Hall–Kier alpha value is -4.50. The van der Waals surface area contributed by atoms with E-state index in [4.69, 9.17) is 0 Å². The molecular weight excluding hydrogens is 448 g/mol. The normalized spacial score (nSPS) is 12.6. The lowest BCUT2D eigenvalue weighted by atomic mass is 9.93. The van der Waals surface area contributed by atoms with Gasteiger partial charge in [0.2, 0.25) is 0 Å². The minimum atomic E-state index is -0.258. The largest absolute Gasteiger partial charge is 0.308 e. The fourth-order valence-electron chi connectivity index (χ4n) is 6.28. The highest BCUT2D eigenvalue weighted by Crippen LogP contribution is 2.51. The third-order valence-electron chi connectivity index (χ3n) is 7.70. The van der Waals surface area contributed by atoms with E-state index in [1.54, 1.807) is 18.2 Å². The molecule has 0 radical (unpaired) electrons. The number of aromatic nitrogens is 1. The van der Waals surface area contributed by atoms with Gasteiger partial charge in [-0.1, -0.05) is 72.8 Å². The van der Waals surface area contributed by atoms with Gasteiger partial charge in [0.05, 0.1) is 11.0 Å². The van der Waals surface area contributed by atoms with Crippen molar-refractivity contribution in [3.05, 3.63) is 126 Å². The molecule has 1 nitrogen and oxygen atoms in total. The summed E-state index contributed by atoms with van der Waals surface area (Å²) >= 11 is 0. The van der Waals surface area contributed by atoms with Crippen molar-refractivity contribution < 1.29 is 8.78 Å². The van der Waals surface area contributed by atoms with E-state index in [-0.39, 0.29) is 11.6 Å². The topological polar surface area (TPSA) is 4.93 Å². The molecule has 0 amide bonds. The first-order valence-electron chi connectivity index (χ1n) is 12.1. The van der Waals surface area contributed by atoms with Crippen molar-refractivity contribution in [1.29, 1.82) is 0 Å². The van der Waals surface area contributed by atoms with Crippen LogP contribution in [0, 0.1) is 11.6 Å². The van der Waals surface area contributed by atoms with Crippen LogP contribution in [0.4, 0.5) is 8.78 Å². The molecule has 0 spiro atoms. The lowest BCUT2D eigenvalue weighted by Gasteiger charge is -2.14. The van der Waals surface area contributed by atoms with Crippen LogP contribution in [0.15, 0.2) is 103 Å². The van der Waals surface area contributed by atoms with Crippen LogP contribution in [0.5, 0.6) is 0 Å². The molecule has 1 aliphatic rings. The van der Waals surface area contributed by atoms with Gasteiger partial charge in [-0.3, -0.25) is 0 Å². The van der Waals surface area contributed by atoms with Gasteiger partial charge in [0.1, 0.15) is 11.6 Å². The zero-order chi connectivity index (χ0) is 24.0. The minimum Gasteiger partial charge on any atom is -0.308 e. The Morgan fingerprint density at radius 2 is 1.42 bits per heavy atom. The summed E-state index contributed by atoms with van der Waals surface area (Å²) in [5.41, 5.74) is 6.90. The molecule has 0 atom stereocenters. The molecule has 8 rings (SSSR count). The van der Waals surface area contributed by atoms with Crippen molar-refractivity contribution in [2.75, 3.05) is 0 Å². The van der Waals surface area contributed by atoms with Crippen LogP contribution < -0.4 is 0 Å². The van der Waals surface area contributed by atoms with Crippen LogP contribution in [-0.2, 0) is 6.42 Å². The Morgan fingerprint density at radius 3 is 2.31 bits per heavy atom. The first-order chi connectivity index (χ1) is 17.7. The maximum Gasteiger partial charge on any atom is 0.133 e. The number of nitrogens with zero attached hydrogens (tertiary/aromatic N) is 1. The quantitative estimate of drug-likeness (QED) is 0.227. The van der Waals surface area contributed by atoms with Crippen LogP contribution in [0.1, 0.15) is 11.1 Å². The second-order valence-electron chi connectivity index (χ2n) is 9.57. The minimum absolute atomic E-state index is 0.244. The molecule has 0 aliphatic heterocycles. The highest BCUT2D eigenvalue weighted by molar-refractivity contribution is 6.29. The molecule has 0 bridgehead atoms. The van der Waals surface area contributed by atoms with E-state index in [9.17, 15) is 4.39 Å². The molecule has 0 unspecified atom stereocenters. The Morgan fingerprint density at radius 1 is 0.611 bits per heavy atom. The SMILES string of the molecule is Fc1ccc2c(c1)-c1c(c3cccc(F)c3c3c1c1ccc4ccccc4c1n3-c1ccccc1)C2. The van der Waals surface area contributed by atoms with Crippen LogP contribution in [0.2, 0.25) is 0 Å². The predicted molar refractivity (Wildman–Crippen MR) is 144 cm³/mol. The fourth-order valence-corrected chi connectivity index (χ4v) is 6.28. The van der Waals surface area contributed by atoms with E-state index in [1.165, 1.54) is 6.07 Å². The average Bonchev–Trinajstić information content (AvgIpc) is 3.45. The summed E-state index contributed by atoms with van der Waals surface area (Å²) in [6, 6.07) is 33.1. The van der Waals surface area contributed by atoms with Gasteiger partial charge >= 0.3 is 0 Å². The van der Waals surface area contributed by atoms with Gasteiger partial charge in [-0.05, 0) is 69.8 Å². The van der Waals surface area contributed by atoms with Crippen molar-refractivity contribution in [3.8, 4) is 16.8 Å². The van der Waals surface area contributed by atoms with Crippen molar-refractivity contribution in [3.63, 3.8) is 0 Å². The zero-order valence-electron chi connectivity index (χ0n) is 19.2. The van der Waals surface area contributed by atoms with Gasteiger partial charge in [0.25, 0.3) is 0 Å². The number of hydrogen-bond acceptors (Lipinski definition) is 0. The monoisotopic (exact) mass is 467 g/mol. The predicted octanol–water partition coefficient (Wildman–Crippen LogP) is 8.94. The molecular formula is C33H19F2N. The lowest BCUT2D eigenvalue weighted by molar-refractivity contribution is 0.628. The van der Waals surface area contributed by atoms with Gasteiger partial charge in [0.15, 0.2) is 0 Å². The van der Waals surface area contributed by atoms with Crippen LogP contribution in [-0.4, -0.2) is 4.57 Å². The molecule has 36 heavy (non-hydrogen) atoms. The van der Waals surface area contributed by atoms with Crippen LogP contribution in [0.3, 0.4) is 0 Å². The van der Waals surface area contributed by atoms with E-state index < -0.39 is 0 Å². The first kappa shape index (κ1) is 19.8. The standard InChI is InChI=1S/C33H19F2N/c34-21-15-13-20-17-27-24-11-6-12-28(35)30(24)33-31(29(27)26(20)18-21)25-16-14-19-7-4-5-10-23(19)32(25)36(33)22-8-2-1-3-9-22/h1-16,18H,17H2. The molecule has 1 heterocycles. The summed E-state index contributed by atoms with van der Waals surface area (Å²) < 4.78 is 32.6. The molecule has 170 valence electrons. The number of halogens is 2. The lowest BCUT2D eigenvalue weighted by Crippen LogP contribution is -1.97. The zero-order valence-corrected chi connectivity index (χ0v) is 19.2. The third-order valence-corrected chi connectivity index (χ3v) is 7.70. The van der Waals surface area contributed by atoms with E-state index >= 15 is 4.39 Å². The van der Waals surface area contributed by atoms with Gasteiger partial charge in [0, 0.05) is 27.2 Å². The van der Waals surface area contributed by atoms with E-state index in [0.29, 0.717) is 11.8 Å². The van der Waals surface area contributed by atoms with Crippen LogP contribution >= 0.6 is 0 Å². The van der Waals surface area contributed by atoms with E-state index in [0.717, 1.165) is 65.9 Å². The van der Waals surface area contributed by atoms with Crippen LogP contribution in [0.25, 0.3) is 60.2 Å². The molecule has 1 aliphatic carbocycles. The Balaban J connectivity index is 1.75. The van der Waals surface area contributed by atoms with E-state index in [2.05, 4.69) is 41.0 Å². The number of benzene rings is 6. The van der Waals surface area contributed by atoms with Gasteiger partial charge in [-0.15, -0.1) is 0 Å². The number of rotatable bonds is 1. The third kappa shape index (κ3) is 2.47. The van der Waals surface area contributed by atoms with Gasteiger partial charge in [-0.25, -0.2) is 8.78 Å². The molecule has 3 heteroatoms. The maximum atomic E-state index is 15.8. The molecule has 0 saturated carbocycles. The summed E-state index contributed by atoms with van der Waals surface area (Å²) in [4.78, 5) is 0.